The fraction of sp³-hybridized carbons (Fsp3) is 0.679. The van der Waals surface area contributed by atoms with Crippen molar-refractivity contribution in [2.24, 2.45) is 11.8 Å². The SMILES string of the molecule is COC(=O)CCC(=O)N[C@@H](Cc1ccccc1)[C@@H](O)C[C@@H](NC(=O)C1CCOCC1)C1CCCCC1. The molecule has 1 aromatic carbocycles. The van der Waals surface area contributed by atoms with E-state index in [2.05, 4.69) is 15.4 Å². The molecule has 1 aliphatic carbocycles. The summed E-state index contributed by atoms with van der Waals surface area (Å²) in [5, 5.41) is 17.6. The lowest BCUT2D eigenvalue weighted by molar-refractivity contribution is -0.142. The second-order valence-corrected chi connectivity index (χ2v) is 10.1. The van der Waals surface area contributed by atoms with E-state index in [1.54, 1.807) is 0 Å². The van der Waals surface area contributed by atoms with Gasteiger partial charge in [-0.25, -0.2) is 0 Å². The minimum absolute atomic E-state index is 0.00275. The number of hydrogen-bond acceptors (Lipinski definition) is 6. The summed E-state index contributed by atoms with van der Waals surface area (Å²) in [4.78, 5) is 37.2. The minimum atomic E-state index is -0.853. The summed E-state index contributed by atoms with van der Waals surface area (Å²) in [6, 6.07) is 9.02. The Morgan fingerprint density at radius 3 is 2.36 bits per heavy atom. The van der Waals surface area contributed by atoms with Crippen LogP contribution in [0.4, 0.5) is 0 Å². The molecule has 0 unspecified atom stereocenters. The molecular weight excluding hydrogens is 460 g/mol. The quantitative estimate of drug-likeness (QED) is 0.379. The minimum Gasteiger partial charge on any atom is -0.469 e. The van der Waals surface area contributed by atoms with E-state index in [0.29, 0.717) is 32.0 Å². The van der Waals surface area contributed by atoms with Gasteiger partial charge < -0.3 is 25.2 Å². The van der Waals surface area contributed by atoms with Crippen LogP contribution < -0.4 is 10.6 Å². The van der Waals surface area contributed by atoms with Crippen molar-refractivity contribution >= 4 is 17.8 Å². The summed E-state index contributed by atoms with van der Waals surface area (Å²) >= 11 is 0. The summed E-state index contributed by atoms with van der Waals surface area (Å²) in [6.45, 7) is 1.21. The topological polar surface area (TPSA) is 114 Å². The van der Waals surface area contributed by atoms with Crippen LogP contribution in [0.1, 0.15) is 69.8 Å². The van der Waals surface area contributed by atoms with Gasteiger partial charge in [-0.3, -0.25) is 14.4 Å². The molecule has 1 heterocycles. The van der Waals surface area contributed by atoms with E-state index in [0.717, 1.165) is 44.1 Å². The van der Waals surface area contributed by atoms with E-state index < -0.39 is 18.1 Å². The Labute approximate surface area is 214 Å². The lowest BCUT2D eigenvalue weighted by Crippen LogP contribution is -2.51. The smallest absolute Gasteiger partial charge is 0.306 e. The third-order valence-electron chi connectivity index (χ3n) is 7.53. The van der Waals surface area contributed by atoms with E-state index in [1.165, 1.54) is 13.5 Å². The molecule has 1 saturated carbocycles. The number of carbonyl (C=O) groups excluding carboxylic acids is 3. The molecule has 2 aliphatic rings. The normalized spacial score (nSPS) is 19.6. The molecule has 0 aromatic heterocycles. The highest BCUT2D eigenvalue weighted by atomic mass is 16.5. The predicted molar refractivity (Wildman–Crippen MR) is 136 cm³/mol. The molecule has 3 rings (SSSR count). The maximum absolute atomic E-state index is 13.1. The first-order chi connectivity index (χ1) is 17.5. The standard InChI is InChI=1S/C28H42N2O6/c1-35-27(33)13-12-26(32)29-24(18-20-8-4-2-5-9-20)25(31)19-23(21-10-6-3-7-11-21)30-28(34)22-14-16-36-17-15-22/h2,4-5,8-9,21-25,31H,3,6-7,10-19H2,1H3,(H,29,32)(H,30,34)/t23-,24+,25+/m1/s1. The predicted octanol–water partition coefficient (Wildman–Crippen LogP) is 2.91. The van der Waals surface area contributed by atoms with Crippen LogP contribution in [0.2, 0.25) is 0 Å². The molecule has 8 heteroatoms. The molecule has 2 amide bonds. The van der Waals surface area contributed by atoms with Gasteiger partial charge >= 0.3 is 5.97 Å². The summed E-state index contributed by atoms with van der Waals surface area (Å²) in [5.74, 6) is -0.452. The number of hydrogen-bond donors (Lipinski definition) is 3. The highest BCUT2D eigenvalue weighted by Gasteiger charge is 2.33. The maximum Gasteiger partial charge on any atom is 0.306 e. The molecule has 1 aromatic rings. The Morgan fingerprint density at radius 1 is 1.00 bits per heavy atom. The van der Waals surface area contributed by atoms with Gasteiger partial charge in [0.05, 0.1) is 25.7 Å². The molecule has 1 saturated heterocycles. The molecule has 200 valence electrons. The van der Waals surface area contributed by atoms with Crippen molar-refractivity contribution in [3.63, 3.8) is 0 Å². The van der Waals surface area contributed by atoms with Gasteiger partial charge in [0.15, 0.2) is 0 Å². The van der Waals surface area contributed by atoms with Gasteiger partial charge in [0, 0.05) is 31.6 Å². The van der Waals surface area contributed by atoms with Crippen LogP contribution in [0.3, 0.4) is 0 Å². The number of aliphatic hydroxyl groups is 1. The van der Waals surface area contributed by atoms with Gasteiger partial charge in [0.25, 0.3) is 0 Å². The zero-order valence-electron chi connectivity index (χ0n) is 21.5. The van der Waals surface area contributed by atoms with Crippen LogP contribution in [-0.2, 0) is 30.3 Å². The van der Waals surface area contributed by atoms with E-state index in [9.17, 15) is 19.5 Å². The van der Waals surface area contributed by atoms with Crippen LogP contribution in [0.25, 0.3) is 0 Å². The molecule has 0 radical (unpaired) electrons. The highest BCUT2D eigenvalue weighted by molar-refractivity contribution is 5.81. The molecule has 0 spiro atoms. The van der Waals surface area contributed by atoms with Crippen LogP contribution in [0, 0.1) is 11.8 Å². The lowest BCUT2D eigenvalue weighted by atomic mass is 9.80. The van der Waals surface area contributed by atoms with Gasteiger partial charge in [-0.05, 0) is 50.0 Å². The average Bonchev–Trinajstić information content (AvgIpc) is 2.92. The first-order valence-electron chi connectivity index (χ1n) is 13.4. The molecule has 1 aliphatic heterocycles. The summed E-state index contributed by atoms with van der Waals surface area (Å²) in [6.07, 6.45) is 6.91. The number of ether oxygens (including phenoxy) is 2. The third kappa shape index (κ3) is 9.21. The molecule has 3 N–H and O–H groups in total. The Balaban J connectivity index is 1.70. The monoisotopic (exact) mass is 502 g/mol. The number of aliphatic hydroxyl groups excluding tert-OH is 1. The zero-order valence-corrected chi connectivity index (χ0v) is 21.5. The Morgan fingerprint density at radius 2 is 1.69 bits per heavy atom. The largest absolute Gasteiger partial charge is 0.469 e. The molecule has 2 fully saturated rings. The van der Waals surface area contributed by atoms with Crippen LogP contribution >= 0.6 is 0 Å². The van der Waals surface area contributed by atoms with Crippen molar-refractivity contribution in [1.29, 1.82) is 0 Å². The van der Waals surface area contributed by atoms with Crippen LogP contribution in [-0.4, -0.2) is 61.4 Å². The second kappa shape index (κ2) is 15.0. The molecule has 8 nitrogen and oxygen atoms in total. The molecule has 0 bridgehead atoms. The number of rotatable bonds is 12. The van der Waals surface area contributed by atoms with Crippen molar-refractivity contribution in [2.45, 2.75) is 88.8 Å². The van der Waals surface area contributed by atoms with E-state index in [1.807, 2.05) is 30.3 Å². The van der Waals surface area contributed by atoms with Gasteiger partial charge in [0.1, 0.15) is 0 Å². The Kier molecular flexibility index (Phi) is 11.7. The summed E-state index contributed by atoms with van der Waals surface area (Å²) in [7, 11) is 1.29. The van der Waals surface area contributed by atoms with Gasteiger partial charge in [-0.2, -0.15) is 0 Å². The van der Waals surface area contributed by atoms with Gasteiger partial charge in [-0.1, -0.05) is 49.6 Å². The fourth-order valence-corrected chi connectivity index (χ4v) is 5.34. The number of benzene rings is 1. The van der Waals surface area contributed by atoms with Crippen LogP contribution in [0.5, 0.6) is 0 Å². The van der Waals surface area contributed by atoms with Crippen molar-refractivity contribution in [1.82, 2.24) is 10.6 Å². The number of esters is 1. The summed E-state index contributed by atoms with van der Waals surface area (Å²) in [5.41, 5.74) is 0.996. The second-order valence-electron chi connectivity index (χ2n) is 10.1. The van der Waals surface area contributed by atoms with E-state index in [-0.39, 0.29) is 36.6 Å². The van der Waals surface area contributed by atoms with Crippen molar-refractivity contribution < 1.29 is 29.0 Å². The van der Waals surface area contributed by atoms with Crippen LogP contribution in [0.15, 0.2) is 30.3 Å². The Bertz CT molecular complexity index is 821. The lowest BCUT2D eigenvalue weighted by Gasteiger charge is -2.35. The molecule has 3 atom stereocenters. The fourth-order valence-electron chi connectivity index (χ4n) is 5.34. The van der Waals surface area contributed by atoms with E-state index in [4.69, 9.17) is 4.74 Å². The molecular formula is C28H42N2O6. The molecule has 36 heavy (non-hydrogen) atoms. The van der Waals surface area contributed by atoms with Crippen molar-refractivity contribution in [2.75, 3.05) is 20.3 Å². The highest BCUT2D eigenvalue weighted by Crippen LogP contribution is 2.30. The average molecular weight is 503 g/mol. The van der Waals surface area contributed by atoms with Gasteiger partial charge in [0.2, 0.25) is 11.8 Å². The summed E-state index contributed by atoms with van der Waals surface area (Å²) < 4.78 is 10.1. The third-order valence-corrected chi connectivity index (χ3v) is 7.53. The Hall–Kier alpha value is -2.45. The first-order valence-corrected chi connectivity index (χ1v) is 13.4. The van der Waals surface area contributed by atoms with Gasteiger partial charge in [-0.15, -0.1) is 0 Å². The number of methoxy groups -OCH3 is 1. The zero-order chi connectivity index (χ0) is 25.8. The first kappa shape index (κ1) is 28.1. The van der Waals surface area contributed by atoms with E-state index >= 15 is 0 Å². The number of nitrogens with one attached hydrogen (secondary N) is 2. The van der Waals surface area contributed by atoms with Crippen molar-refractivity contribution in [3.05, 3.63) is 35.9 Å². The van der Waals surface area contributed by atoms with Crippen molar-refractivity contribution in [3.8, 4) is 0 Å². The maximum atomic E-state index is 13.1. The number of carbonyl (C=O) groups is 3. The number of amides is 2.